The molecular weight excluding hydrogens is 236 g/mol. The maximum atomic E-state index is 11.6. The predicted octanol–water partition coefficient (Wildman–Crippen LogP) is 0.694. The standard InChI is InChI=1S/C12H14N2O4/c1-14-10(15)5-8(12(16)17)11(14)7-3-4-9(18-2)13-6-7/h3-4,6,8,11H,5H2,1-2H3,(H,16,17). The van der Waals surface area contributed by atoms with Crippen molar-refractivity contribution < 1.29 is 19.4 Å². The van der Waals surface area contributed by atoms with Gasteiger partial charge in [-0.1, -0.05) is 6.07 Å². The van der Waals surface area contributed by atoms with Gasteiger partial charge in [0.05, 0.1) is 19.1 Å². The van der Waals surface area contributed by atoms with Gasteiger partial charge >= 0.3 is 5.97 Å². The van der Waals surface area contributed by atoms with E-state index in [0.29, 0.717) is 11.4 Å². The molecule has 1 N–H and O–H groups in total. The summed E-state index contributed by atoms with van der Waals surface area (Å²) in [7, 11) is 3.12. The lowest BCUT2D eigenvalue weighted by Gasteiger charge is -2.23. The zero-order valence-electron chi connectivity index (χ0n) is 10.2. The van der Waals surface area contributed by atoms with E-state index in [0.717, 1.165) is 0 Å². The Balaban J connectivity index is 2.33. The van der Waals surface area contributed by atoms with Crippen LogP contribution in [0.15, 0.2) is 18.3 Å². The highest BCUT2D eigenvalue weighted by Gasteiger charge is 2.42. The fourth-order valence-electron chi connectivity index (χ4n) is 2.23. The summed E-state index contributed by atoms with van der Waals surface area (Å²) in [6, 6.07) is 2.93. The molecule has 0 aliphatic carbocycles. The van der Waals surface area contributed by atoms with Gasteiger partial charge in [-0.15, -0.1) is 0 Å². The minimum Gasteiger partial charge on any atom is -0.481 e. The molecule has 1 amide bonds. The summed E-state index contributed by atoms with van der Waals surface area (Å²) in [6.07, 6.45) is 1.58. The van der Waals surface area contributed by atoms with Crippen molar-refractivity contribution >= 4 is 11.9 Å². The number of carboxylic acid groups (broad SMARTS) is 1. The van der Waals surface area contributed by atoms with Crippen LogP contribution in [0.3, 0.4) is 0 Å². The summed E-state index contributed by atoms with van der Waals surface area (Å²) in [4.78, 5) is 28.3. The Morgan fingerprint density at radius 2 is 2.28 bits per heavy atom. The summed E-state index contributed by atoms with van der Waals surface area (Å²) in [5.74, 6) is -1.40. The molecule has 2 atom stereocenters. The van der Waals surface area contributed by atoms with E-state index in [1.54, 1.807) is 25.4 Å². The molecule has 2 unspecified atom stereocenters. The molecule has 2 rings (SSSR count). The molecule has 0 aromatic carbocycles. The zero-order valence-corrected chi connectivity index (χ0v) is 10.2. The van der Waals surface area contributed by atoms with Crippen LogP contribution < -0.4 is 4.74 Å². The van der Waals surface area contributed by atoms with E-state index >= 15 is 0 Å². The van der Waals surface area contributed by atoms with E-state index in [-0.39, 0.29) is 12.3 Å². The van der Waals surface area contributed by atoms with E-state index in [2.05, 4.69) is 4.98 Å². The first kappa shape index (κ1) is 12.3. The average Bonchev–Trinajstić information content (AvgIpc) is 2.66. The van der Waals surface area contributed by atoms with Crippen LogP contribution in [0.25, 0.3) is 0 Å². The Labute approximate surface area is 104 Å². The number of ether oxygens (including phenoxy) is 1. The Hall–Kier alpha value is -2.11. The number of carbonyl (C=O) groups is 2. The number of likely N-dealkylation sites (tertiary alicyclic amines) is 1. The number of hydrogen-bond acceptors (Lipinski definition) is 4. The minimum absolute atomic E-state index is 0.0303. The number of aromatic nitrogens is 1. The number of nitrogens with zero attached hydrogens (tertiary/aromatic N) is 2. The number of rotatable bonds is 3. The molecule has 18 heavy (non-hydrogen) atoms. The number of methoxy groups -OCH3 is 1. The molecular formula is C12H14N2O4. The molecule has 6 heteroatoms. The first-order valence-corrected chi connectivity index (χ1v) is 5.53. The van der Waals surface area contributed by atoms with Gasteiger partial charge in [0.15, 0.2) is 0 Å². The second-order valence-corrected chi connectivity index (χ2v) is 4.23. The lowest BCUT2D eigenvalue weighted by molar-refractivity contribution is -0.142. The Kier molecular flexibility index (Phi) is 3.18. The van der Waals surface area contributed by atoms with Crippen molar-refractivity contribution in [1.29, 1.82) is 0 Å². The van der Waals surface area contributed by atoms with E-state index in [9.17, 15) is 9.59 Å². The van der Waals surface area contributed by atoms with Crippen LogP contribution in [0, 0.1) is 5.92 Å². The van der Waals surface area contributed by atoms with Crippen molar-refractivity contribution in [1.82, 2.24) is 9.88 Å². The third kappa shape index (κ3) is 2.01. The van der Waals surface area contributed by atoms with Crippen LogP contribution in [-0.4, -0.2) is 41.0 Å². The molecule has 96 valence electrons. The average molecular weight is 250 g/mol. The fourth-order valence-corrected chi connectivity index (χ4v) is 2.23. The van der Waals surface area contributed by atoms with Gasteiger partial charge in [0.2, 0.25) is 11.8 Å². The first-order valence-electron chi connectivity index (χ1n) is 5.53. The van der Waals surface area contributed by atoms with Crippen molar-refractivity contribution in [3.63, 3.8) is 0 Å². The number of carbonyl (C=O) groups excluding carboxylic acids is 1. The smallest absolute Gasteiger partial charge is 0.309 e. The molecule has 0 radical (unpaired) electrons. The van der Waals surface area contributed by atoms with Gasteiger partial charge in [-0.25, -0.2) is 4.98 Å². The lowest BCUT2D eigenvalue weighted by Crippen LogP contribution is -2.26. The number of carboxylic acids is 1. The summed E-state index contributed by atoms with van der Waals surface area (Å²) < 4.78 is 4.95. The summed E-state index contributed by atoms with van der Waals surface area (Å²) in [5.41, 5.74) is 0.705. The molecule has 0 bridgehead atoms. The van der Waals surface area contributed by atoms with Crippen LogP contribution in [0.4, 0.5) is 0 Å². The third-order valence-corrected chi connectivity index (χ3v) is 3.21. The number of hydrogen-bond donors (Lipinski definition) is 1. The molecule has 0 spiro atoms. The van der Waals surface area contributed by atoms with E-state index in [4.69, 9.17) is 9.84 Å². The SMILES string of the molecule is COc1ccc(C2C(C(=O)O)CC(=O)N2C)cn1. The monoisotopic (exact) mass is 250 g/mol. The van der Waals surface area contributed by atoms with Crippen molar-refractivity contribution in [2.45, 2.75) is 12.5 Å². The Morgan fingerprint density at radius 3 is 2.78 bits per heavy atom. The highest BCUT2D eigenvalue weighted by atomic mass is 16.5. The van der Waals surface area contributed by atoms with Gasteiger partial charge < -0.3 is 14.7 Å². The minimum atomic E-state index is -0.964. The van der Waals surface area contributed by atoms with Crippen LogP contribution in [-0.2, 0) is 9.59 Å². The highest BCUT2D eigenvalue weighted by Crippen LogP contribution is 2.37. The second-order valence-electron chi connectivity index (χ2n) is 4.23. The van der Waals surface area contributed by atoms with Gasteiger partial charge in [-0.2, -0.15) is 0 Å². The second kappa shape index (κ2) is 4.64. The van der Waals surface area contributed by atoms with Gasteiger partial charge in [0, 0.05) is 25.7 Å². The van der Waals surface area contributed by atoms with Gasteiger partial charge in [0.25, 0.3) is 0 Å². The summed E-state index contributed by atoms with van der Waals surface area (Å²) in [5, 5.41) is 9.16. The predicted molar refractivity (Wildman–Crippen MR) is 62.0 cm³/mol. The molecule has 1 aliphatic rings. The van der Waals surface area contributed by atoms with Crippen molar-refractivity contribution in [3.8, 4) is 5.88 Å². The number of aliphatic carboxylic acids is 1. The van der Waals surface area contributed by atoms with Gasteiger partial charge in [0.1, 0.15) is 0 Å². The largest absolute Gasteiger partial charge is 0.481 e. The first-order chi connectivity index (χ1) is 8.54. The third-order valence-electron chi connectivity index (χ3n) is 3.21. The lowest BCUT2D eigenvalue weighted by atomic mass is 9.95. The van der Waals surface area contributed by atoms with Crippen LogP contribution >= 0.6 is 0 Å². The zero-order chi connectivity index (χ0) is 13.3. The van der Waals surface area contributed by atoms with Gasteiger partial charge in [-0.3, -0.25) is 9.59 Å². The molecule has 0 saturated carbocycles. The molecule has 1 aromatic rings. The summed E-state index contributed by atoms with van der Waals surface area (Å²) >= 11 is 0. The molecule has 1 saturated heterocycles. The fraction of sp³-hybridized carbons (Fsp3) is 0.417. The van der Waals surface area contributed by atoms with Crippen LogP contribution in [0.2, 0.25) is 0 Å². The van der Waals surface area contributed by atoms with Gasteiger partial charge in [-0.05, 0) is 5.56 Å². The van der Waals surface area contributed by atoms with E-state index < -0.39 is 17.9 Å². The van der Waals surface area contributed by atoms with E-state index in [1.165, 1.54) is 12.0 Å². The molecule has 2 heterocycles. The quantitative estimate of drug-likeness (QED) is 0.854. The van der Waals surface area contributed by atoms with Crippen molar-refractivity contribution in [3.05, 3.63) is 23.9 Å². The van der Waals surface area contributed by atoms with Crippen molar-refractivity contribution in [2.24, 2.45) is 5.92 Å². The topological polar surface area (TPSA) is 79.7 Å². The molecule has 1 aromatic heterocycles. The van der Waals surface area contributed by atoms with Crippen molar-refractivity contribution in [2.75, 3.05) is 14.2 Å². The normalized spacial score (nSPS) is 23.2. The Bertz CT molecular complexity index is 471. The number of pyridine rings is 1. The molecule has 1 aliphatic heterocycles. The highest BCUT2D eigenvalue weighted by molar-refractivity contribution is 5.87. The molecule has 6 nitrogen and oxygen atoms in total. The maximum Gasteiger partial charge on any atom is 0.309 e. The maximum absolute atomic E-state index is 11.6. The van der Waals surface area contributed by atoms with E-state index in [1.807, 2.05) is 0 Å². The Morgan fingerprint density at radius 1 is 1.56 bits per heavy atom. The molecule has 1 fully saturated rings. The van der Waals surface area contributed by atoms with Crippen LogP contribution in [0.1, 0.15) is 18.0 Å². The summed E-state index contributed by atoms with van der Waals surface area (Å²) in [6.45, 7) is 0. The number of amides is 1. The van der Waals surface area contributed by atoms with Crippen LogP contribution in [0.5, 0.6) is 5.88 Å².